The molecule has 0 aromatic carbocycles. The van der Waals surface area contributed by atoms with Gasteiger partial charge in [-0.1, -0.05) is 6.92 Å². The number of amides is 2. The zero-order chi connectivity index (χ0) is 9.59. The van der Waals surface area contributed by atoms with Crippen molar-refractivity contribution in [2.45, 2.75) is 32.4 Å². The van der Waals surface area contributed by atoms with E-state index in [1.807, 2.05) is 0 Å². The Morgan fingerprint density at radius 1 is 1.38 bits per heavy atom. The maximum absolute atomic E-state index is 11.6. The summed E-state index contributed by atoms with van der Waals surface area (Å²) in [5.74, 6) is 0.599. The molecule has 0 aromatic rings. The van der Waals surface area contributed by atoms with Crippen molar-refractivity contribution in [3.05, 3.63) is 0 Å². The van der Waals surface area contributed by atoms with Gasteiger partial charge < -0.3 is 10.2 Å². The molecule has 2 rings (SSSR count). The molecule has 2 amide bonds. The van der Waals surface area contributed by atoms with Gasteiger partial charge in [-0.2, -0.15) is 0 Å². The lowest BCUT2D eigenvalue weighted by Gasteiger charge is -2.31. The predicted molar refractivity (Wildman–Crippen MR) is 46.9 cm³/mol. The molecule has 0 radical (unpaired) electrons. The zero-order valence-corrected chi connectivity index (χ0v) is 7.91. The van der Waals surface area contributed by atoms with Crippen LogP contribution in [0.25, 0.3) is 0 Å². The van der Waals surface area contributed by atoms with Crippen molar-refractivity contribution in [1.29, 1.82) is 0 Å². The highest BCUT2D eigenvalue weighted by Crippen LogP contribution is 2.35. The van der Waals surface area contributed by atoms with Gasteiger partial charge in [-0.3, -0.25) is 9.59 Å². The van der Waals surface area contributed by atoms with Crippen LogP contribution in [0.2, 0.25) is 0 Å². The van der Waals surface area contributed by atoms with E-state index in [0.717, 1.165) is 6.42 Å². The predicted octanol–water partition coefficient (Wildman–Crippen LogP) is -0.258. The van der Waals surface area contributed by atoms with Gasteiger partial charge in [-0.15, -0.1) is 0 Å². The lowest BCUT2D eigenvalue weighted by molar-refractivity contribution is -0.144. The van der Waals surface area contributed by atoms with E-state index in [9.17, 15) is 9.59 Å². The highest BCUT2D eigenvalue weighted by molar-refractivity contribution is 5.94. The summed E-state index contributed by atoms with van der Waals surface area (Å²) in [6, 6.07) is -0.0185. The normalized spacial score (nSPS) is 38.9. The summed E-state index contributed by atoms with van der Waals surface area (Å²) < 4.78 is 0. The van der Waals surface area contributed by atoms with Crippen molar-refractivity contribution >= 4 is 11.8 Å². The number of piperazine rings is 1. The quantitative estimate of drug-likeness (QED) is 0.607. The van der Waals surface area contributed by atoms with E-state index in [1.165, 1.54) is 0 Å². The molecule has 1 aliphatic carbocycles. The molecule has 0 spiro atoms. The van der Waals surface area contributed by atoms with Crippen molar-refractivity contribution in [3.63, 3.8) is 0 Å². The Hall–Kier alpha value is -1.06. The molecule has 1 saturated heterocycles. The van der Waals surface area contributed by atoms with Crippen LogP contribution in [0, 0.1) is 5.92 Å². The fourth-order valence-electron chi connectivity index (χ4n) is 1.85. The summed E-state index contributed by atoms with van der Waals surface area (Å²) >= 11 is 0. The lowest BCUT2D eigenvalue weighted by atomic mass is 10.2. The topological polar surface area (TPSA) is 49.4 Å². The van der Waals surface area contributed by atoms with Crippen LogP contribution in [-0.4, -0.2) is 35.3 Å². The van der Waals surface area contributed by atoms with Crippen molar-refractivity contribution in [3.8, 4) is 0 Å². The first-order valence-corrected chi connectivity index (χ1v) is 4.69. The minimum atomic E-state index is -0.339. The van der Waals surface area contributed by atoms with Crippen LogP contribution in [-0.2, 0) is 9.59 Å². The molecule has 72 valence electrons. The molecule has 0 aromatic heterocycles. The van der Waals surface area contributed by atoms with Gasteiger partial charge in [0.25, 0.3) is 0 Å². The minimum Gasteiger partial charge on any atom is -0.343 e. The lowest BCUT2D eigenvalue weighted by Crippen LogP contribution is -2.57. The summed E-state index contributed by atoms with van der Waals surface area (Å²) in [5, 5.41) is 2.63. The Morgan fingerprint density at radius 2 is 2.00 bits per heavy atom. The van der Waals surface area contributed by atoms with Gasteiger partial charge in [0.1, 0.15) is 6.04 Å². The maximum atomic E-state index is 11.6. The van der Waals surface area contributed by atoms with Crippen LogP contribution in [0.5, 0.6) is 0 Å². The Morgan fingerprint density at radius 3 is 2.54 bits per heavy atom. The van der Waals surface area contributed by atoms with Crippen molar-refractivity contribution in [2.24, 2.45) is 5.92 Å². The highest BCUT2D eigenvalue weighted by atomic mass is 16.2. The summed E-state index contributed by atoms with van der Waals surface area (Å²) in [4.78, 5) is 24.5. The summed E-state index contributed by atoms with van der Waals surface area (Å²) in [5.41, 5.74) is 0. The molecule has 3 atom stereocenters. The second kappa shape index (κ2) is 2.72. The molecular formula is C9H14N2O2. The number of carbonyl (C=O) groups excluding carboxylic acids is 2. The molecule has 3 unspecified atom stereocenters. The van der Waals surface area contributed by atoms with Crippen LogP contribution in [0.15, 0.2) is 0 Å². The van der Waals surface area contributed by atoms with Gasteiger partial charge in [0.15, 0.2) is 0 Å². The van der Waals surface area contributed by atoms with E-state index in [-0.39, 0.29) is 24.4 Å². The monoisotopic (exact) mass is 182 g/mol. The van der Waals surface area contributed by atoms with Crippen LogP contribution < -0.4 is 5.32 Å². The molecule has 2 aliphatic rings. The number of hydrogen-bond acceptors (Lipinski definition) is 2. The van der Waals surface area contributed by atoms with Gasteiger partial charge in [0.2, 0.25) is 11.8 Å². The number of carbonyl (C=O) groups is 2. The van der Waals surface area contributed by atoms with Crippen LogP contribution >= 0.6 is 0 Å². The number of nitrogens with one attached hydrogen (secondary N) is 1. The Labute approximate surface area is 77.3 Å². The number of rotatable bonds is 1. The highest BCUT2D eigenvalue weighted by Gasteiger charge is 2.44. The first-order valence-electron chi connectivity index (χ1n) is 4.69. The van der Waals surface area contributed by atoms with E-state index in [0.29, 0.717) is 12.0 Å². The first kappa shape index (κ1) is 8.53. The Kier molecular flexibility index (Phi) is 1.78. The molecule has 4 heteroatoms. The zero-order valence-electron chi connectivity index (χ0n) is 7.91. The standard InChI is InChI=1S/C9H14N2O2/c1-5-3-7(5)11-4-8(12)10-6(2)9(11)13/h5-7H,3-4H2,1-2H3,(H,10,12). The van der Waals surface area contributed by atoms with Crippen molar-refractivity contribution in [2.75, 3.05) is 6.54 Å². The third kappa shape index (κ3) is 1.41. The van der Waals surface area contributed by atoms with Crippen molar-refractivity contribution in [1.82, 2.24) is 10.2 Å². The fraction of sp³-hybridized carbons (Fsp3) is 0.778. The van der Waals surface area contributed by atoms with Crippen LogP contribution in [0.1, 0.15) is 20.3 Å². The number of nitrogens with zero attached hydrogens (tertiary/aromatic N) is 1. The van der Waals surface area contributed by atoms with E-state index in [2.05, 4.69) is 12.2 Å². The van der Waals surface area contributed by atoms with Gasteiger partial charge in [-0.25, -0.2) is 0 Å². The maximum Gasteiger partial charge on any atom is 0.245 e. The average Bonchev–Trinajstić information content (AvgIpc) is 2.75. The second-order valence-corrected chi connectivity index (χ2v) is 4.04. The Balaban J connectivity index is 2.08. The summed E-state index contributed by atoms with van der Waals surface area (Å²) in [7, 11) is 0. The molecule has 0 bridgehead atoms. The molecule has 4 nitrogen and oxygen atoms in total. The molecule has 1 aliphatic heterocycles. The van der Waals surface area contributed by atoms with E-state index < -0.39 is 0 Å². The van der Waals surface area contributed by atoms with E-state index in [1.54, 1.807) is 11.8 Å². The number of hydrogen-bond donors (Lipinski definition) is 1. The smallest absolute Gasteiger partial charge is 0.245 e. The first-order chi connectivity index (χ1) is 6.09. The molecule has 2 fully saturated rings. The SMILES string of the molecule is CC1NC(=O)CN(C2CC2C)C1=O. The van der Waals surface area contributed by atoms with Crippen LogP contribution in [0.3, 0.4) is 0 Å². The summed E-state index contributed by atoms with van der Waals surface area (Å²) in [6.07, 6.45) is 1.05. The summed E-state index contributed by atoms with van der Waals surface area (Å²) in [6.45, 7) is 4.09. The van der Waals surface area contributed by atoms with E-state index in [4.69, 9.17) is 0 Å². The third-order valence-corrected chi connectivity index (χ3v) is 2.81. The van der Waals surface area contributed by atoms with Gasteiger partial charge >= 0.3 is 0 Å². The molecule has 1 N–H and O–H groups in total. The Bertz CT molecular complexity index is 264. The van der Waals surface area contributed by atoms with Gasteiger partial charge in [0.05, 0.1) is 6.54 Å². The van der Waals surface area contributed by atoms with E-state index >= 15 is 0 Å². The van der Waals surface area contributed by atoms with Gasteiger partial charge in [-0.05, 0) is 19.3 Å². The molecular weight excluding hydrogens is 168 g/mol. The fourth-order valence-corrected chi connectivity index (χ4v) is 1.85. The third-order valence-electron chi connectivity index (χ3n) is 2.81. The van der Waals surface area contributed by atoms with Crippen LogP contribution in [0.4, 0.5) is 0 Å². The largest absolute Gasteiger partial charge is 0.343 e. The molecule has 13 heavy (non-hydrogen) atoms. The molecule has 1 saturated carbocycles. The van der Waals surface area contributed by atoms with Gasteiger partial charge in [0, 0.05) is 6.04 Å². The average molecular weight is 182 g/mol. The van der Waals surface area contributed by atoms with Crippen molar-refractivity contribution < 1.29 is 9.59 Å². The molecule has 1 heterocycles. The minimum absolute atomic E-state index is 0.0359. The second-order valence-electron chi connectivity index (χ2n) is 4.04.